The van der Waals surface area contributed by atoms with Gasteiger partial charge in [-0.15, -0.1) is 5.10 Å². The third-order valence-corrected chi connectivity index (χ3v) is 2.70. The van der Waals surface area contributed by atoms with Crippen LogP contribution in [0.1, 0.15) is 23.8 Å². The molecule has 0 radical (unpaired) electrons. The molecule has 0 aromatic carbocycles. The summed E-state index contributed by atoms with van der Waals surface area (Å²) in [5, 5.41) is 3.74. The topological polar surface area (TPSA) is 61.0 Å². The van der Waals surface area contributed by atoms with E-state index in [1.807, 2.05) is 6.08 Å². The van der Waals surface area contributed by atoms with Crippen LogP contribution in [-0.2, 0) is 4.74 Å². The second kappa shape index (κ2) is 3.85. The quantitative estimate of drug-likeness (QED) is 0.774. The molecule has 1 aliphatic heterocycles. The zero-order chi connectivity index (χ0) is 9.10. The van der Waals surface area contributed by atoms with Gasteiger partial charge in [-0.25, -0.2) is 0 Å². The number of allylic oxidation sites excluding steroid dienone is 1. The summed E-state index contributed by atoms with van der Waals surface area (Å²) in [6.45, 7) is 0.770. The molecule has 5 heteroatoms. The molecule has 13 heavy (non-hydrogen) atoms. The van der Waals surface area contributed by atoms with Gasteiger partial charge in [0.05, 0.1) is 17.7 Å². The minimum Gasteiger partial charge on any atom is -0.496 e. The minimum atomic E-state index is -0.180. The SMILES string of the molecule is NC(C1=CCCCO1)c1cnns1. The molecule has 4 nitrogen and oxygen atoms in total. The Morgan fingerprint density at radius 1 is 1.62 bits per heavy atom. The Balaban J connectivity index is 2.12. The Labute approximate surface area is 80.6 Å². The molecule has 70 valence electrons. The van der Waals surface area contributed by atoms with Crippen molar-refractivity contribution >= 4 is 11.5 Å². The summed E-state index contributed by atoms with van der Waals surface area (Å²) in [6.07, 6.45) is 5.87. The Morgan fingerprint density at radius 3 is 3.15 bits per heavy atom. The van der Waals surface area contributed by atoms with E-state index in [2.05, 4.69) is 9.59 Å². The van der Waals surface area contributed by atoms with E-state index in [1.54, 1.807) is 6.20 Å². The van der Waals surface area contributed by atoms with E-state index < -0.39 is 0 Å². The number of hydrogen-bond acceptors (Lipinski definition) is 5. The third-order valence-electron chi connectivity index (χ3n) is 1.95. The Bertz CT molecular complexity index is 296. The molecule has 2 heterocycles. The largest absolute Gasteiger partial charge is 0.496 e. The molecule has 0 spiro atoms. The first-order valence-corrected chi connectivity index (χ1v) is 5.01. The van der Waals surface area contributed by atoms with Gasteiger partial charge in [-0.3, -0.25) is 0 Å². The lowest BCUT2D eigenvalue weighted by molar-refractivity contribution is 0.176. The molecular weight excluding hydrogens is 186 g/mol. The molecule has 0 saturated heterocycles. The van der Waals surface area contributed by atoms with Crippen molar-refractivity contribution in [3.8, 4) is 0 Å². The summed E-state index contributed by atoms with van der Waals surface area (Å²) in [4.78, 5) is 0.952. The molecule has 0 aliphatic carbocycles. The van der Waals surface area contributed by atoms with Crippen molar-refractivity contribution in [2.75, 3.05) is 6.61 Å². The van der Waals surface area contributed by atoms with Crippen LogP contribution in [0.3, 0.4) is 0 Å². The fourth-order valence-corrected chi connectivity index (χ4v) is 1.76. The molecule has 0 fully saturated rings. The highest BCUT2D eigenvalue weighted by atomic mass is 32.1. The molecule has 1 aromatic rings. The van der Waals surface area contributed by atoms with Crippen molar-refractivity contribution in [3.63, 3.8) is 0 Å². The average Bonchev–Trinajstić information content (AvgIpc) is 2.71. The summed E-state index contributed by atoms with van der Waals surface area (Å²) >= 11 is 1.32. The van der Waals surface area contributed by atoms with Crippen molar-refractivity contribution in [2.24, 2.45) is 5.73 Å². The van der Waals surface area contributed by atoms with Gasteiger partial charge in [0, 0.05) is 0 Å². The smallest absolute Gasteiger partial charge is 0.114 e. The number of ether oxygens (including phenoxy) is 1. The fourth-order valence-electron chi connectivity index (χ4n) is 1.25. The molecule has 0 bridgehead atoms. The number of rotatable bonds is 2. The third kappa shape index (κ3) is 1.87. The zero-order valence-electron chi connectivity index (χ0n) is 7.14. The second-order valence-corrected chi connectivity index (χ2v) is 3.71. The highest BCUT2D eigenvalue weighted by Gasteiger charge is 2.17. The maximum Gasteiger partial charge on any atom is 0.114 e. The lowest BCUT2D eigenvalue weighted by atomic mass is 10.1. The Morgan fingerprint density at radius 2 is 2.54 bits per heavy atom. The Hall–Kier alpha value is -0.940. The molecule has 1 aromatic heterocycles. The summed E-state index contributed by atoms with van der Waals surface area (Å²) in [5.74, 6) is 0.859. The van der Waals surface area contributed by atoms with Crippen LogP contribution in [0.2, 0.25) is 0 Å². The van der Waals surface area contributed by atoms with Gasteiger partial charge < -0.3 is 10.5 Å². The van der Waals surface area contributed by atoms with Crippen LogP contribution in [0.25, 0.3) is 0 Å². The highest BCUT2D eigenvalue weighted by Crippen LogP contribution is 2.24. The zero-order valence-corrected chi connectivity index (χ0v) is 7.96. The Kier molecular flexibility index (Phi) is 2.56. The van der Waals surface area contributed by atoms with Crippen LogP contribution in [0.4, 0.5) is 0 Å². The standard InChI is InChI=1S/C8H11N3OS/c9-8(7-5-10-11-13-7)6-3-1-2-4-12-6/h3,5,8H,1-2,4,9H2. The molecule has 1 aliphatic rings. The van der Waals surface area contributed by atoms with Crippen LogP contribution < -0.4 is 5.73 Å². The molecule has 1 unspecified atom stereocenters. The molecule has 0 amide bonds. The van der Waals surface area contributed by atoms with Gasteiger partial charge in [0.15, 0.2) is 0 Å². The van der Waals surface area contributed by atoms with E-state index in [4.69, 9.17) is 10.5 Å². The first-order valence-electron chi connectivity index (χ1n) is 4.23. The van der Waals surface area contributed by atoms with Crippen molar-refractivity contribution < 1.29 is 4.74 Å². The maximum absolute atomic E-state index is 5.95. The van der Waals surface area contributed by atoms with Gasteiger partial charge in [-0.05, 0) is 30.5 Å². The number of nitrogens with two attached hydrogens (primary N) is 1. The fraction of sp³-hybridized carbons (Fsp3) is 0.500. The van der Waals surface area contributed by atoms with Crippen LogP contribution in [0, 0.1) is 0 Å². The molecular formula is C8H11N3OS. The van der Waals surface area contributed by atoms with E-state index in [1.165, 1.54) is 11.5 Å². The monoisotopic (exact) mass is 197 g/mol. The normalized spacial score (nSPS) is 19.0. The lowest BCUT2D eigenvalue weighted by Gasteiger charge is -2.18. The minimum absolute atomic E-state index is 0.180. The van der Waals surface area contributed by atoms with E-state index in [0.717, 1.165) is 30.1 Å². The van der Waals surface area contributed by atoms with Crippen LogP contribution in [0.5, 0.6) is 0 Å². The van der Waals surface area contributed by atoms with Gasteiger partial charge in [0.1, 0.15) is 11.8 Å². The summed E-state index contributed by atoms with van der Waals surface area (Å²) in [5.41, 5.74) is 5.95. The van der Waals surface area contributed by atoms with Gasteiger partial charge in [0.2, 0.25) is 0 Å². The predicted octanol–water partition coefficient (Wildman–Crippen LogP) is 1.23. The van der Waals surface area contributed by atoms with Crippen LogP contribution >= 0.6 is 11.5 Å². The van der Waals surface area contributed by atoms with Crippen LogP contribution in [-0.4, -0.2) is 16.2 Å². The summed E-state index contributed by atoms with van der Waals surface area (Å²) in [6, 6.07) is -0.180. The van der Waals surface area contributed by atoms with Gasteiger partial charge in [-0.1, -0.05) is 4.49 Å². The predicted molar refractivity (Wildman–Crippen MR) is 50.1 cm³/mol. The van der Waals surface area contributed by atoms with Crippen molar-refractivity contribution in [1.82, 2.24) is 9.59 Å². The number of aromatic nitrogens is 2. The van der Waals surface area contributed by atoms with Crippen LogP contribution in [0.15, 0.2) is 18.0 Å². The lowest BCUT2D eigenvalue weighted by Crippen LogP contribution is -2.16. The van der Waals surface area contributed by atoms with Crippen molar-refractivity contribution in [1.29, 1.82) is 0 Å². The number of nitrogens with zero attached hydrogens (tertiary/aromatic N) is 2. The van der Waals surface area contributed by atoms with E-state index in [-0.39, 0.29) is 6.04 Å². The molecule has 1 atom stereocenters. The highest BCUT2D eigenvalue weighted by molar-refractivity contribution is 7.05. The first kappa shape index (κ1) is 8.65. The first-order chi connectivity index (χ1) is 6.38. The molecule has 2 N–H and O–H groups in total. The van der Waals surface area contributed by atoms with Crippen molar-refractivity contribution in [3.05, 3.63) is 22.9 Å². The summed E-state index contributed by atoms with van der Waals surface area (Å²) in [7, 11) is 0. The second-order valence-electron chi connectivity index (χ2n) is 2.89. The van der Waals surface area contributed by atoms with Gasteiger partial charge >= 0.3 is 0 Å². The summed E-state index contributed by atoms with van der Waals surface area (Å²) < 4.78 is 9.22. The molecule has 0 saturated carbocycles. The molecule has 2 rings (SSSR count). The van der Waals surface area contributed by atoms with E-state index >= 15 is 0 Å². The van der Waals surface area contributed by atoms with Crippen molar-refractivity contribution in [2.45, 2.75) is 18.9 Å². The van der Waals surface area contributed by atoms with E-state index in [9.17, 15) is 0 Å². The maximum atomic E-state index is 5.95. The van der Waals surface area contributed by atoms with E-state index in [0.29, 0.717) is 0 Å². The average molecular weight is 197 g/mol. The number of hydrogen-bond donors (Lipinski definition) is 1. The van der Waals surface area contributed by atoms with Gasteiger partial charge in [0.25, 0.3) is 0 Å². The van der Waals surface area contributed by atoms with Gasteiger partial charge in [-0.2, -0.15) is 0 Å².